The van der Waals surface area contributed by atoms with Gasteiger partial charge in [0, 0.05) is 0 Å². The van der Waals surface area contributed by atoms with Crippen LogP contribution in [-0.2, 0) is 13.5 Å². The SMILES string of the molecule is [S-2].c1cc[c]([Sn+]([c]2ccccc2)[c]2ccccc2)cc1.c1cc[c]([Sn+]([c]2ccccc2)[c]2ccccc2)cc1. The van der Waals surface area contributed by atoms with Gasteiger partial charge in [-0.2, -0.15) is 0 Å². The molecule has 0 saturated carbocycles. The van der Waals surface area contributed by atoms with Crippen molar-refractivity contribution in [1.29, 1.82) is 0 Å². The van der Waals surface area contributed by atoms with Gasteiger partial charge in [0.05, 0.1) is 0 Å². The molecule has 0 nitrogen and oxygen atoms in total. The molecule has 0 amide bonds. The molecule has 0 aliphatic heterocycles. The van der Waals surface area contributed by atoms with E-state index >= 15 is 0 Å². The third-order valence-corrected chi connectivity index (χ3v) is 22.0. The fraction of sp³-hybridized carbons (Fsp3) is 0. The van der Waals surface area contributed by atoms with E-state index in [9.17, 15) is 0 Å². The summed E-state index contributed by atoms with van der Waals surface area (Å²) in [6.07, 6.45) is 0. The normalized spacial score (nSPS) is 9.85. The molecule has 0 atom stereocenters. The Morgan fingerprint density at radius 2 is 0.333 bits per heavy atom. The average molecular weight is 732 g/mol. The Morgan fingerprint density at radius 1 is 0.205 bits per heavy atom. The van der Waals surface area contributed by atoms with Gasteiger partial charge in [-0.1, -0.05) is 0 Å². The van der Waals surface area contributed by atoms with E-state index in [1.807, 2.05) is 0 Å². The van der Waals surface area contributed by atoms with Crippen molar-refractivity contribution in [3.05, 3.63) is 182 Å². The predicted molar refractivity (Wildman–Crippen MR) is 175 cm³/mol. The molecule has 0 unspecified atom stereocenters. The predicted octanol–water partition coefficient (Wildman–Crippen LogP) is 4.40. The second kappa shape index (κ2) is 15.8. The van der Waals surface area contributed by atoms with Gasteiger partial charge in [-0.05, 0) is 0 Å². The first-order valence-electron chi connectivity index (χ1n) is 13.0. The van der Waals surface area contributed by atoms with Crippen LogP contribution in [0.3, 0.4) is 0 Å². The molecular weight excluding hydrogens is 702 g/mol. The van der Waals surface area contributed by atoms with E-state index in [1.165, 1.54) is 21.5 Å². The second-order valence-electron chi connectivity index (χ2n) is 8.95. The zero-order chi connectivity index (χ0) is 25.8. The van der Waals surface area contributed by atoms with Crippen LogP contribution in [0, 0.1) is 0 Å². The van der Waals surface area contributed by atoms with Crippen LogP contribution in [0.5, 0.6) is 0 Å². The van der Waals surface area contributed by atoms with Crippen molar-refractivity contribution in [2.75, 3.05) is 0 Å². The van der Waals surface area contributed by atoms with E-state index in [0.717, 1.165) is 0 Å². The Balaban J connectivity index is 0.000000176. The molecule has 0 heterocycles. The summed E-state index contributed by atoms with van der Waals surface area (Å²) in [6, 6.07) is 65.9. The van der Waals surface area contributed by atoms with E-state index in [1.54, 1.807) is 0 Å². The van der Waals surface area contributed by atoms with E-state index in [2.05, 4.69) is 182 Å². The quantitative estimate of drug-likeness (QED) is 0.223. The molecule has 0 aromatic heterocycles. The Bertz CT molecular complexity index is 1170. The molecule has 0 saturated heterocycles. The van der Waals surface area contributed by atoms with Crippen LogP contribution in [0.1, 0.15) is 0 Å². The van der Waals surface area contributed by atoms with E-state index < -0.39 is 39.5 Å². The molecule has 0 aliphatic rings. The molecular formula is C36H30SSn2. The van der Waals surface area contributed by atoms with Crippen molar-refractivity contribution in [2.24, 2.45) is 0 Å². The second-order valence-corrected chi connectivity index (χ2v) is 23.1. The molecule has 188 valence electrons. The third kappa shape index (κ3) is 8.13. The molecule has 6 rings (SSSR count). The molecule has 39 heavy (non-hydrogen) atoms. The summed E-state index contributed by atoms with van der Waals surface area (Å²) >= 11 is -3.96. The first-order chi connectivity index (χ1) is 18.9. The molecule has 6 aromatic rings. The number of hydrogen-bond acceptors (Lipinski definition) is 0. The fourth-order valence-electron chi connectivity index (χ4n) is 4.63. The summed E-state index contributed by atoms with van der Waals surface area (Å²) in [5.41, 5.74) is 0. The molecule has 3 heteroatoms. The average Bonchev–Trinajstić information content (AvgIpc) is 3.01. The van der Waals surface area contributed by atoms with Crippen molar-refractivity contribution < 1.29 is 0 Å². The van der Waals surface area contributed by atoms with Gasteiger partial charge >= 0.3 is 243 Å². The topological polar surface area (TPSA) is 0 Å². The van der Waals surface area contributed by atoms with Crippen molar-refractivity contribution in [3.63, 3.8) is 0 Å². The van der Waals surface area contributed by atoms with Crippen LogP contribution in [0.4, 0.5) is 0 Å². The van der Waals surface area contributed by atoms with Crippen molar-refractivity contribution in [2.45, 2.75) is 0 Å². The van der Waals surface area contributed by atoms with Crippen LogP contribution < -0.4 is 21.5 Å². The van der Waals surface area contributed by atoms with Gasteiger partial charge in [0.1, 0.15) is 0 Å². The van der Waals surface area contributed by atoms with Gasteiger partial charge < -0.3 is 13.5 Å². The molecule has 0 aliphatic carbocycles. The number of rotatable bonds is 6. The summed E-state index contributed by atoms with van der Waals surface area (Å²) < 4.78 is 9.18. The van der Waals surface area contributed by atoms with Crippen LogP contribution in [-0.4, -0.2) is 39.5 Å². The Hall–Kier alpha value is -2.73. The van der Waals surface area contributed by atoms with Crippen LogP contribution in [0.25, 0.3) is 0 Å². The first-order valence-corrected chi connectivity index (χ1v) is 21.5. The van der Waals surface area contributed by atoms with Gasteiger partial charge in [0.2, 0.25) is 0 Å². The van der Waals surface area contributed by atoms with Crippen molar-refractivity contribution >= 4 is 74.5 Å². The van der Waals surface area contributed by atoms with E-state index in [4.69, 9.17) is 0 Å². The maximum atomic E-state index is 2.29. The third-order valence-electron chi connectivity index (χ3n) is 6.37. The zero-order valence-electron chi connectivity index (χ0n) is 21.7. The minimum absolute atomic E-state index is 0. The minimum atomic E-state index is -1.98. The standard InChI is InChI=1S/6C6H5.S.2Sn/c6*1-2-4-6-5-3-1;;;/h6*1-5H;;;/q;;;;;;-2;2*+1. The van der Waals surface area contributed by atoms with E-state index in [-0.39, 0.29) is 13.5 Å². The summed E-state index contributed by atoms with van der Waals surface area (Å²) in [6.45, 7) is 0. The Labute approximate surface area is 254 Å². The Morgan fingerprint density at radius 3 is 0.462 bits per heavy atom. The molecule has 0 fully saturated rings. The Kier molecular flexibility index (Phi) is 11.8. The van der Waals surface area contributed by atoms with Gasteiger partial charge in [-0.3, -0.25) is 0 Å². The summed E-state index contributed by atoms with van der Waals surface area (Å²) in [7, 11) is 0. The molecule has 6 aromatic carbocycles. The zero-order valence-corrected chi connectivity index (χ0v) is 28.3. The molecule has 0 N–H and O–H groups in total. The fourth-order valence-corrected chi connectivity index (χ4v) is 19.3. The van der Waals surface area contributed by atoms with Crippen LogP contribution in [0.15, 0.2) is 182 Å². The maximum absolute atomic E-state index is 2.29. The van der Waals surface area contributed by atoms with Gasteiger partial charge in [-0.15, -0.1) is 0 Å². The summed E-state index contributed by atoms with van der Waals surface area (Å²) in [4.78, 5) is 0. The monoisotopic (exact) mass is 734 g/mol. The molecule has 0 radical (unpaired) electrons. The van der Waals surface area contributed by atoms with Gasteiger partial charge in [-0.25, -0.2) is 0 Å². The molecule has 0 bridgehead atoms. The van der Waals surface area contributed by atoms with Crippen molar-refractivity contribution in [3.8, 4) is 0 Å². The van der Waals surface area contributed by atoms with E-state index in [0.29, 0.717) is 0 Å². The van der Waals surface area contributed by atoms with Gasteiger partial charge in [0.25, 0.3) is 0 Å². The first kappa shape index (κ1) is 29.3. The van der Waals surface area contributed by atoms with Crippen molar-refractivity contribution in [1.82, 2.24) is 0 Å². The van der Waals surface area contributed by atoms with Gasteiger partial charge in [0.15, 0.2) is 0 Å². The van der Waals surface area contributed by atoms with Crippen LogP contribution >= 0.6 is 0 Å². The van der Waals surface area contributed by atoms with Crippen LogP contribution in [0.2, 0.25) is 0 Å². The number of benzene rings is 6. The summed E-state index contributed by atoms with van der Waals surface area (Å²) in [5.74, 6) is 0. The molecule has 0 spiro atoms. The number of hydrogen-bond donors (Lipinski definition) is 0. The summed E-state index contributed by atoms with van der Waals surface area (Å²) in [5, 5.41) is 0.